The first kappa shape index (κ1) is 12.3. The molecule has 0 radical (unpaired) electrons. The normalized spacial score (nSPS) is 12.1. The lowest BCUT2D eigenvalue weighted by molar-refractivity contribution is 0.154. The standard InChI is InChI=1S/C13H14N2O3/c1-18-11-4-2-10(3-5-11)12(16)8-15-9-14-7-6-13(15)17/h2-7,9,12,16H,8H2,1H3. The van der Waals surface area contributed by atoms with Gasteiger partial charge in [0.2, 0.25) is 0 Å². The number of hydrogen-bond acceptors (Lipinski definition) is 4. The molecule has 2 rings (SSSR count). The predicted octanol–water partition coefficient (Wildman–Crippen LogP) is 0.985. The molecule has 94 valence electrons. The summed E-state index contributed by atoms with van der Waals surface area (Å²) in [6.45, 7) is 0.180. The third kappa shape index (κ3) is 2.75. The number of hydrogen-bond donors (Lipinski definition) is 1. The molecule has 1 aromatic heterocycles. The molecular weight excluding hydrogens is 232 g/mol. The summed E-state index contributed by atoms with van der Waals surface area (Å²) < 4.78 is 6.41. The third-order valence-corrected chi connectivity index (χ3v) is 2.66. The Balaban J connectivity index is 2.14. The molecule has 0 bridgehead atoms. The topological polar surface area (TPSA) is 64.3 Å². The first-order valence-corrected chi connectivity index (χ1v) is 5.53. The van der Waals surface area contributed by atoms with E-state index in [9.17, 15) is 9.90 Å². The Morgan fingerprint density at radius 2 is 2.06 bits per heavy atom. The van der Waals surface area contributed by atoms with E-state index in [-0.39, 0.29) is 12.1 Å². The van der Waals surface area contributed by atoms with E-state index >= 15 is 0 Å². The molecule has 0 aliphatic carbocycles. The summed E-state index contributed by atoms with van der Waals surface area (Å²) in [6, 6.07) is 8.44. The van der Waals surface area contributed by atoms with E-state index in [0.717, 1.165) is 11.3 Å². The molecule has 0 aliphatic heterocycles. The first-order valence-electron chi connectivity index (χ1n) is 5.53. The molecule has 0 spiro atoms. The van der Waals surface area contributed by atoms with Gasteiger partial charge in [-0.1, -0.05) is 12.1 Å². The highest BCUT2D eigenvalue weighted by atomic mass is 16.5. The molecule has 0 fully saturated rings. The number of ether oxygens (including phenoxy) is 1. The van der Waals surface area contributed by atoms with Gasteiger partial charge in [-0.05, 0) is 17.7 Å². The fourth-order valence-electron chi connectivity index (χ4n) is 1.63. The molecule has 0 amide bonds. The van der Waals surface area contributed by atoms with Crippen LogP contribution in [0.1, 0.15) is 11.7 Å². The molecule has 5 nitrogen and oxygen atoms in total. The molecule has 1 heterocycles. The Kier molecular flexibility index (Phi) is 3.74. The van der Waals surface area contributed by atoms with Gasteiger partial charge in [0.05, 0.1) is 26.1 Å². The van der Waals surface area contributed by atoms with Gasteiger partial charge in [0.25, 0.3) is 5.56 Å². The highest BCUT2D eigenvalue weighted by Crippen LogP contribution is 2.18. The van der Waals surface area contributed by atoms with E-state index in [0.29, 0.717) is 0 Å². The quantitative estimate of drug-likeness (QED) is 0.873. The largest absolute Gasteiger partial charge is 0.497 e. The maximum atomic E-state index is 11.5. The molecule has 0 saturated carbocycles. The summed E-state index contributed by atoms with van der Waals surface area (Å²) >= 11 is 0. The summed E-state index contributed by atoms with van der Waals surface area (Å²) in [4.78, 5) is 15.3. The van der Waals surface area contributed by atoms with Gasteiger partial charge in [0, 0.05) is 12.3 Å². The van der Waals surface area contributed by atoms with Crippen LogP contribution in [-0.4, -0.2) is 21.8 Å². The van der Waals surface area contributed by atoms with Gasteiger partial charge >= 0.3 is 0 Å². The van der Waals surface area contributed by atoms with E-state index in [2.05, 4.69) is 4.98 Å². The average Bonchev–Trinajstić information content (AvgIpc) is 2.41. The summed E-state index contributed by atoms with van der Waals surface area (Å²) in [5.74, 6) is 0.726. The highest BCUT2D eigenvalue weighted by molar-refractivity contribution is 5.28. The van der Waals surface area contributed by atoms with Crippen molar-refractivity contribution in [1.29, 1.82) is 0 Å². The number of aromatic nitrogens is 2. The van der Waals surface area contributed by atoms with E-state index in [4.69, 9.17) is 4.74 Å². The van der Waals surface area contributed by atoms with Crippen molar-refractivity contribution < 1.29 is 9.84 Å². The number of benzene rings is 1. The zero-order chi connectivity index (χ0) is 13.0. The fourth-order valence-corrected chi connectivity index (χ4v) is 1.63. The Bertz CT molecular complexity index is 563. The smallest absolute Gasteiger partial charge is 0.253 e. The summed E-state index contributed by atoms with van der Waals surface area (Å²) in [7, 11) is 1.58. The molecular formula is C13H14N2O3. The van der Waals surface area contributed by atoms with Gasteiger partial charge < -0.3 is 9.84 Å². The second-order valence-electron chi connectivity index (χ2n) is 3.86. The Morgan fingerprint density at radius 3 is 2.67 bits per heavy atom. The van der Waals surface area contributed by atoms with Crippen LogP contribution < -0.4 is 10.3 Å². The average molecular weight is 246 g/mol. The summed E-state index contributed by atoms with van der Waals surface area (Å²) in [5.41, 5.74) is 0.545. The maximum Gasteiger partial charge on any atom is 0.253 e. The van der Waals surface area contributed by atoms with Crippen LogP contribution in [0.5, 0.6) is 5.75 Å². The Morgan fingerprint density at radius 1 is 1.33 bits per heavy atom. The van der Waals surface area contributed by atoms with Gasteiger partial charge in [-0.2, -0.15) is 0 Å². The van der Waals surface area contributed by atoms with Crippen LogP contribution in [0.15, 0.2) is 47.7 Å². The van der Waals surface area contributed by atoms with Gasteiger partial charge in [0.15, 0.2) is 0 Å². The lowest BCUT2D eigenvalue weighted by atomic mass is 10.1. The lowest BCUT2D eigenvalue weighted by Gasteiger charge is -2.12. The van der Waals surface area contributed by atoms with Crippen molar-refractivity contribution in [1.82, 2.24) is 9.55 Å². The van der Waals surface area contributed by atoms with Crippen molar-refractivity contribution in [2.45, 2.75) is 12.6 Å². The SMILES string of the molecule is COc1ccc(C(O)Cn2cnccc2=O)cc1. The number of methoxy groups -OCH3 is 1. The molecule has 5 heteroatoms. The molecule has 1 N–H and O–H groups in total. The van der Waals surface area contributed by atoms with Crippen LogP contribution in [0.2, 0.25) is 0 Å². The van der Waals surface area contributed by atoms with E-state index in [1.807, 2.05) is 0 Å². The van der Waals surface area contributed by atoms with Crippen molar-refractivity contribution in [2.24, 2.45) is 0 Å². The van der Waals surface area contributed by atoms with Crippen molar-refractivity contribution in [3.05, 3.63) is 58.8 Å². The zero-order valence-electron chi connectivity index (χ0n) is 9.98. The van der Waals surface area contributed by atoms with Crippen molar-refractivity contribution in [2.75, 3.05) is 7.11 Å². The number of nitrogens with zero attached hydrogens (tertiary/aromatic N) is 2. The van der Waals surface area contributed by atoms with E-state index in [1.165, 1.54) is 23.2 Å². The molecule has 0 saturated heterocycles. The second-order valence-corrected chi connectivity index (χ2v) is 3.86. The molecule has 18 heavy (non-hydrogen) atoms. The number of aliphatic hydroxyl groups is 1. The van der Waals surface area contributed by atoms with Crippen LogP contribution in [0.3, 0.4) is 0 Å². The number of rotatable bonds is 4. The van der Waals surface area contributed by atoms with E-state index in [1.54, 1.807) is 31.4 Å². The first-order chi connectivity index (χ1) is 8.70. The Hall–Kier alpha value is -2.14. The predicted molar refractivity (Wildman–Crippen MR) is 66.5 cm³/mol. The van der Waals surface area contributed by atoms with E-state index < -0.39 is 6.10 Å². The summed E-state index contributed by atoms with van der Waals surface area (Å²) in [6.07, 6.45) is 2.09. The third-order valence-electron chi connectivity index (χ3n) is 2.66. The summed E-state index contributed by atoms with van der Waals surface area (Å²) in [5, 5.41) is 10.0. The molecule has 1 aromatic carbocycles. The minimum atomic E-state index is -0.752. The minimum Gasteiger partial charge on any atom is -0.497 e. The van der Waals surface area contributed by atoms with Gasteiger partial charge in [0.1, 0.15) is 5.75 Å². The fraction of sp³-hybridized carbons (Fsp3) is 0.231. The number of aliphatic hydroxyl groups excluding tert-OH is 1. The van der Waals surface area contributed by atoms with Crippen molar-refractivity contribution in [3.63, 3.8) is 0 Å². The van der Waals surface area contributed by atoms with Crippen LogP contribution in [0.25, 0.3) is 0 Å². The highest BCUT2D eigenvalue weighted by Gasteiger charge is 2.09. The van der Waals surface area contributed by atoms with Crippen LogP contribution in [0.4, 0.5) is 0 Å². The van der Waals surface area contributed by atoms with Crippen LogP contribution >= 0.6 is 0 Å². The van der Waals surface area contributed by atoms with Gasteiger partial charge in [-0.3, -0.25) is 9.36 Å². The molecule has 1 atom stereocenters. The maximum absolute atomic E-state index is 11.5. The minimum absolute atomic E-state index is 0.180. The Labute approximate surface area is 104 Å². The molecule has 1 unspecified atom stereocenters. The monoisotopic (exact) mass is 246 g/mol. The van der Waals surface area contributed by atoms with Gasteiger partial charge in [-0.15, -0.1) is 0 Å². The second kappa shape index (κ2) is 5.46. The zero-order valence-corrected chi connectivity index (χ0v) is 9.98. The van der Waals surface area contributed by atoms with Crippen molar-refractivity contribution >= 4 is 0 Å². The lowest BCUT2D eigenvalue weighted by Crippen LogP contribution is -2.22. The van der Waals surface area contributed by atoms with Crippen LogP contribution in [-0.2, 0) is 6.54 Å². The van der Waals surface area contributed by atoms with Gasteiger partial charge in [-0.25, -0.2) is 4.98 Å². The molecule has 2 aromatic rings. The van der Waals surface area contributed by atoms with Crippen molar-refractivity contribution in [3.8, 4) is 5.75 Å². The van der Waals surface area contributed by atoms with Crippen LogP contribution in [0, 0.1) is 0 Å². The molecule has 0 aliphatic rings.